The van der Waals surface area contributed by atoms with E-state index in [4.69, 9.17) is 0 Å². The van der Waals surface area contributed by atoms with Crippen LogP contribution in [0.4, 0.5) is 0 Å². The fourth-order valence-corrected chi connectivity index (χ4v) is 4.36. The van der Waals surface area contributed by atoms with Crippen molar-refractivity contribution >= 4 is 5.71 Å². The first-order valence-corrected chi connectivity index (χ1v) is 8.46. The molecule has 1 aliphatic carbocycles. The Hall–Kier alpha value is -2.13. The quantitative estimate of drug-likeness (QED) is 0.641. The summed E-state index contributed by atoms with van der Waals surface area (Å²) in [4.78, 5) is 0. The normalized spacial score (nSPS) is 31.9. The highest BCUT2D eigenvalue weighted by molar-refractivity contribution is 5.91. The highest BCUT2D eigenvalue weighted by Gasteiger charge is 2.45. The van der Waals surface area contributed by atoms with Crippen LogP contribution < -0.4 is 5.32 Å². The molecule has 2 fully saturated rings. The lowest BCUT2D eigenvalue weighted by molar-refractivity contribution is 0.214. The van der Waals surface area contributed by atoms with Gasteiger partial charge in [-0.25, -0.2) is 0 Å². The van der Waals surface area contributed by atoms with E-state index < -0.39 is 0 Å². The molecule has 23 heavy (non-hydrogen) atoms. The number of hydrogen-bond donors (Lipinski definition) is 2. The van der Waals surface area contributed by atoms with E-state index in [0.29, 0.717) is 11.8 Å². The monoisotopic (exact) mass is 306 g/mol. The Morgan fingerprint density at radius 2 is 1.26 bits per heavy atom. The van der Waals surface area contributed by atoms with Gasteiger partial charge in [-0.05, 0) is 24.0 Å². The number of oxime groups is 1. The van der Waals surface area contributed by atoms with Crippen LogP contribution in [-0.4, -0.2) is 10.9 Å². The molecular formula is C20H22N2O. The van der Waals surface area contributed by atoms with Gasteiger partial charge in [-0.1, -0.05) is 72.2 Å². The van der Waals surface area contributed by atoms with Crippen molar-refractivity contribution in [2.45, 2.75) is 31.3 Å². The minimum Gasteiger partial charge on any atom is -0.411 e. The van der Waals surface area contributed by atoms with Gasteiger partial charge in [-0.15, -0.1) is 0 Å². The van der Waals surface area contributed by atoms with Crippen LogP contribution in [0.15, 0.2) is 65.8 Å². The first-order chi connectivity index (χ1) is 11.4. The van der Waals surface area contributed by atoms with Crippen molar-refractivity contribution in [3.8, 4) is 0 Å². The van der Waals surface area contributed by atoms with E-state index in [2.05, 4.69) is 59.0 Å². The van der Waals surface area contributed by atoms with Gasteiger partial charge in [-0.3, -0.25) is 0 Å². The van der Waals surface area contributed by atoms with Crippen molar-refractivity contribution in [1.82, 2.24) is 5.32 Å². The molecule has 0 aromatic heterocycles. The lowest BCUT2D eigenvalue weighted by Gasteiger charge is -2.46. The highest BCUT2D eigenvalue weighted by atomic mass is 16.4. The second-order valence-electron chi connectivity index (χ2n) is 6.61. The molecule has 118 valence electrons. The Morgan fingerprint density at radius 1 is 0.783 bits per heavy atom. The number of hydrogen-bond acceptors (Lipinski definition) is 3. The number of rotatable bonds is 2. The fourth-order valence-electron chi connectivity index (χ4n) is 4.36. The molecule has 4 atom stereocenters. The van der Waals surface area contributed by atoms with E-state index in [0.717, 1.165) is 18.6 Å². The van der Waals surface area contributed by atoms with E-state index in [1.807, 2.05) is 12.1 Å². The average molecular weight is 306 g/mol. The van der Waals surface area contributed by atoms with Gasteiger partial charge in [0.25, 0.3) is 0 Å². The fraction of sp³-hybridized carbons (Fsp3) is 0.350. The highest BCUT2D eigenvalue weighted by Crippen LogP contribution is 2.46. The van der Waals surface area contributed by atoms with Gasteiger partial charge < -0.3 is 10.5 Å². The van der Waals surface area contributed by atoms with Crippen molar-refractivity contribution in [3.63, 3.8) is 0 Å². The standard InChI is InChI=1S/C20H22N2O/c23-22-20-16-12-7-13-17(20)19(15-10-5-2-6-11-15)21-18(16)14-8-3-1-4-9-14/h1-6,8-11,16-19,21,23H,7,12-13H2/t16-,17-,18-,19+/m1/s1. The number of benzene rings is 2. The molecule has 1 saturated carbocycles. The predicted octanol–water partition coefficient (Wildman–Crippen LogP) is 4.32. The molecule has 2 aliphatic rings. The Labute approximate surface area is 137 Å². The Balaban J connectivity index is 1.76. The lowest BCUT2D eigenvalue weighted by atomic mass is 9.67. The molecule has 1 heterocycles. The van der Waals surface area contributed by atoms with Gasteiger partial charge in [0, 0.05) is 23.9 Å². The van der Waals surface area contributed by atoms with Crippen molar-refractivity contribution in [2.24, 2.45) is 17.0 Å². The molecule has 1 saturated heterocycles. The minimum absolute atomic E-state index is 0.212. The van der Waals surface area contributed by atoms with Crippen LogP contribution in [-0.2, 0) is 0 Å². The number of nitrogens with zero attached hydrogens (tertiary/aromatic N) is 1. The van der Waals surface area contributed by atoms with Crippen molar-refractivity contribution in [1.29, 1.82) is 0 Å². The van der Waals surface area contributed by atoms with Gasteiger partial charge in [0.15, 0.2) is 0 Å². The molecule has 0 amide bonds. The maximum absolute atomic E-state index is 9.69. The SMILES string of the molecule is ON=C1[C@@H]2CCC[C@@H]1[C@H](c1ccccc1)N[C@@H]2c1ccccc1. The summed E-state index contributed by atoms with van der Waals surface area (Å²) in [5.74, 6) is 0.585. The number of fused-ring (bicyclic) bond motifs is 2. The first kappa shape index (κ1) is 14.5. The molecule has 3 nitrogen and oxygen atoms in total. The van der Waals surface area contributed by atoms with Crippen molar-refractivity contribution in [2.75, 3.05) is 0 Å². The minimum atomic E-state index is 0.212. The van der Waals surface area contributed by atoms with Gasteiger partial charge in [-0.2, -0.15) is 0 Å². The third kappa shape index (κ3) is 2.55. The second-order valence-corrected chi connectivity index (χ2v) is 6.61. The third-order valence-corrected chi connectivity index (χ3v) is 5.39. The number of nitrogens with one attached hydrogen (secondary N) is 1. The maximum Gasteiger partial charge on any atom is 0.0670 e. The molecule has 3 heteroatoms. The summed E-state index contributed by atoms with van der Waals surface area (Å²) in [7, 11) is 0. The number of piperidine rings is 1. The molecule has 0 spiro atoms. The van der Waals surface area contributed by atoms with Crippen LogP contribution in [0.2, 0.25) is 0 Å². The molecular weight excluding hydrogens is 284 g/mol. The third-order valence-electron chi connectivity index (χ3n) is 5.39. The smallest absolute Gasteiger partial charge is 0.0670 e. The Bertz CT molecular complexity index is 628. The lowest BCUT2D eigenvalue weighted by Crippen LogP contribution is -2.50. The summed E-state index contributed by atoms with van der Waals surface area (Å²) in [6.07, 6.45) is 3.37. The zero-order valence-electron chi connectivity index (χ0n) is 13.1. The molecule has 2 bridgehead atoms. The summed E-state index contributed by atoms with van der Waals surface area (Å²) in [6.45, 7) is 0. The van der Waals surface area contributed by atoms with E-state index in [-0.39, 0.29) is 12.1 Å². The van der Waals surface area contributed by atoms with Crippen LogP contribution in [0, 0.1) is 11.8 Å². The summed E-state index contributed by atoms with van der Waals surface area (Å²) in [6, 6.07) is 21.5. The second kappa shape index (κ2) is 6.17. The summed E-state index contributed by atoms with van der Waals surface area (Å²) in [5, 5.41) is 17.3. The predicted molar refractivity (Wildman–Crippen MR) is 91.6 cm³/mol. The molecule has 0 radical (unpaired) electrons. The Morgan fingerprint density at radius 3 is 1.70 bits per heavy atom. The van der Waals surface area contributed by atoms with Gasteiger partial charge in [0.1, 0.15) is 0 Å². The van der Waals surface area contributed by atoms with E-state index in [1.165, 1.54) is 17.5 Å². The Kier molecular flexibility index (Phi) is 3.88. The molecule has 4 rings (SSSR count). The topological polar surface area (TPSA) is 44.6 Å². The van der Waals surface area contributed by atoms with Crippen molar-refractivity contribution in [3.05, 3.63) is 71.8 Å². The molecule has 2 aromatic carbocycles. The van der Waals surface area contributed by atoms with Crippen LogP contribution in [0.25, 0.3) is 0 Å². The van der Waals surface area contributed by atoms with Crippen LogP contribution in [0.1, 0.15) is 42.5 Å². The van der Waals surface area contributed by atoms with Gasteiger partial charge >= 0.3 is 0 Å². The molecule has 2 aromatic rings. The van der Waals surface area contributed by atoms with Crippen LogP contribution in [0.5, 0.6) is 0 Å². The van der Waals surface area contributed by atoms with E-state index in [9.17, 15) is 5.21 Å². The summed E-state index contributed by atoms with van der Waals surface area (Å²) in [5.41, 5.74) is 3.54. The van der Waals surface area contributed by atoms with Gasteiger partial charge in [0.05, 0.1) is 5.71 Å². The summed E-state index contributed by atoms with van der Waals surface area (Å²) >= 11 is 0. The first-order valence-electron chi connectivity index (χ1n) is 8.46. The molecule has 1 aliphatic heterocycles. The van der Waals surface area contributed by atoms with E-state index >= 15 is 0 Å². The zero-order valence-corrected chi connectivity index (χ0v) is 13.1. The van der Waals surface area contributed by atoms with E-state index in [1.54, 1.807) is 0 Å². The molecule has 0 unspecified atom stereocenters. The van der Waals surface area contributed by atoms with Crippen LogP contribution in [0.3, 0.4) is 0 Å². The zero-order chi connectivity index (χ0) is 15.6. The average Bonchev–Trinajstić information content (AvgIpc) is 2.63. The van der Waals surface area contributed by atoms with Gasteiger partial charge in [0.2, 0.25) is 0 Å². The largest absolute Gasteiger partial charge is 0.411 e. The maximum atomic E-state index is 9.69. The molecule has 2 N–H and O–H groups in total. The van der Waals surface area contributed by atoms with Crippen molar-refractivity contribution < 1.29 is 5.21 Å². The summed E-state index contributed by atoms with van der Waals surface area (Å²) < 4.78 is 0. The van der Waals surface area contributed by atoms with Crippen LogP contribution >= 0.6 is 0 Å².